The number of ether oxygens (including phenoxy) is 2. The number of benzene rings is 2. The molecule has 0 aliphatic heterocycles. The first-order valence-corrected chi connectivity index (χ1v) is 10.4. The molecule has 7 heteroatoms. The standard InChI is InChI=1S/C23H28ClNO4.ClH/c1-3-28-23(27)15-29-21-10-8-16-7-9-20(12-18(16)13-21)25(2)14-22(26)17-5-4-6-19(24)11-17;/h4-6,8,10-11,13,20,22,26H,3,7,9,12,14-15H2,1-2H3;1H/t20-,22-;/m0./s1. The van der Waals surface area contributed by atoms with Crippen LogP contribution in [0.2, 0.25) is 5.02 Å². The van der Waals surface area contributed by atoms with E-state index in [9.17, 15) is 9.90 Å². The van der Waals surface area contributed by atoms with Gasteiger partial charge in [-0.1, -0.05) is 29.8 Å². The van der Waals surface area contributed by atoms with Gasteiger partial charge in [-0.15, -0.1) is 12.4 Å². The third-order valence-corrected chi connectivity index (χ3v) is 5.59. The van der Waals surface area contributed by atoms with Crippen molar-refractivity contribution in [1.82, 2.24) is 4.90 Å². The average molecular weight is 454 g/mol. The number of aryl methyl sites for hydroxylation is 1. The first-order chi connectivity index (χ1) is 14.0. The number of likely N-dealkylation sites (N-methyl/N-ethyl adjacent to an activating group) is 1. The van der Waals surface area contributed by atoms with Crippen molar-refractivity contribution in [3.63, 3.8) is 0 Å². The SMILES string of the molecule is CCOC(=O)COc1ccc2c(c1)C[C@@H](N(C)C[C@H](O)c1cccc(Cl)c1)CC2.Cl. The Kier molecular flexibility index (Phi) is 9.43. The van der Waals surface area contributed by atoms with E-state index in [4.69, 9.17) is 21.1 Å². The van der Waals surface area contributed by atoms with Crippen LogP contribution in [0.25, 0.3) is 0 Å². The molecule has 0 spiro atoms. The number of fused-ring (bicyclic) bond motifs is 1. The molecule has 0 unspecified atom stereocenters. The molecular formula is C23H29Cl2NO4. The number of esters is 1. The number of aliphatic hydroxyl groups is 1. The lowest BCUT2D eigenvalue weighted by atomic mass is 9.87. The molecule has 1 aliphatic carbocycles. The molecule has 0 bridgehead atoms. The molecule has 0 saturated carbocycles. The molecule has 2 atom stereocenters. The van der Waals surface area contributed by atoms with Crippen LogP contribution < -0.4 is 4.74 Å². The first-order valence-electron chi connectivity index (χ1n) is 10.00. The van der Waals surface area contributed by atoms with Gasteiger partial charge in [0.1, 0.15) is 5.75 Å². The average Bonchev–Trinajstić information content (AvgIpc) is 2.71. The Morgan fingerprint density at radius 2 is 2.07 bits per heavy atom. The Hall–Kier alpha value is -1.79. The Morgan fingerprint density at radius 3 is 2.80 bits per heavy atom. The zero-order chi connectivity index (χ0) is 20.8. The van der Waals surface area contributed by atoms with Gasteiger partial charge in [0.15, 0.2) is 6.61 Å². The van der Waals surface area contributed by atoms with E-state index in [0.717, 1.165) is 24.8 Å². The maximum absolute atomic E-state index is 11.5. The lowest BCUT2D eigenvalue weighted by Gasteiger charge is -2.34. The number of hydrogen-bond donors (Lipinski definition) is 1. The highest BCUT2D eigenvalue weighted by atomic mass is 35.5. The normalized spacial score (nSPS) is 16.4. The van der Waals surface area contributed by atoms with Crippen molar-refractivity contribution in [2.24, 2.45) is 0 Å². The molecular weight excluding hydrogens is 425 g/mol. The van der Waals surface area contributed by atoms with Crippen molar-refractivity contribution in [2.75, 3.05) is 26.8 Å². The number of carbonyl (C=O) groups excluding carboxylic acids is 1. The van der Waals surface area contributed by atoms with E-state index in [1.165, 1.54) is 11.1 Å². The van der Waals surface area contributed by atoms with Gasteiger partial charge in [0.2, 0.25) is 0 Å². The summed E-state index contributed by atoms with van der Waals surface area (Å²) in [6.45, 7) is 2.58. The molecule has 1 aliphatic rings. The molecule has 30 heavy (non-hydrogen) atoms. The Balaban J connectivity index is 0.00000320. The summed E-state index contributed by atoms with van der Waals surface area (Å²) in [5.41, 5.74) is 3.37. The lowest BCUT2D eigenvalue weighted by Crippen LogP contribution is -2.38. The Labute approximate surface area is 189 Å². The third kappa shape index (κ3) is 6.61. The van der Waals surface area contributed by atoms with Crippen LogP contribution in [0.3, 0.4) is 0 Å². The van der Waals surface area contributed by atoms with Gasteiger partial charge >= 0.3 is 5.97 Å². The van der Waals surface area contributed by atoms with Gasteiger partial charge in [0.05, 0.1) is 12.7 Å². The number of hydrogen-bond acceptors (Lipinski definition) is 5. The van der Waals surface area contributed by atoms with E-state index in [-0.39, 0.29) is 25.0 Å². The fourth-order valence-corrected chi connectivity index (χ4v) is 3.96. The maximum Gasteiger partial charge on any atom is 0.344 e. The van der Waals surface area contributed by atoms with Crippen LogP contribution >= 0.6 is 24.0 Å². The van der Waals surface area contributed by atoms with Gasteiger partial charge in [-0.3, -0.25) is 0 Å². The van der Waals surface area contributed by atoms with E-state index in [2.05, 4.69) is 11.0 Å². The second kappa shape index (κ2) is 11.6. The van der Waals surface area contributed by atoms with Crippen molar-refractivity contribution in [2.45, 2.75) is 38.3 Å². The van der Waals surface area contributed by atoms with Crippen LogP contribution in [-0.4, -0.2) is 48.8 Å². The predicted octanol–water partition coefficient (Wildman–Crippen LogP) is 4.23. The van der Waals surface area contributed by atoms with E-state index < -0.39 is 6.10 Å². The second-order valence-electron chi connectivity index (χ2n) is 7.43. The van der Waals surface area contributed by atoms with Crippen molar-refractivity contribution in [3.05, 3.63) is 64.2 Å². The summed E-state index contributed by atoms with van der Waals surface area (Å²) in [6, 6.07) is 13.7. The zero-order valence-electron chi connectivity index (χ0n) is 17.3. The van der Waals surface area contributed by atoms with Crippen LogP contribution in [0.4, 0.5) is 0 Å². The molecule has 1 N–H and O–H groups in total. The summed E-state index contributed by atoms with van der Waals surface area (Å²) in [5.74, 6) is 0.317. The number of rotatable bonds is 8. The molecule has 164 valence electrons. The third-order valence-electron chi connectivity index (χ3n) is 5.36. The Bertz CT molecular complexity index is 846. The summed E-state index contributed by atoms with van der Waals surface area (Å²) in [5, 5.41) is 11.2. The monoisotopic (exact) mass is 453 g/mol. The van der Waals surface area contributed by atoms with Crippen molar-refractivity contribution in [1.29, 1.82) is 0 Å². The van der Waals surface area contributed by atoms with Crippen LogP contribution in [-0.2, 0) is 22.4 Å². The molecule has 2 aromatic rings. The van der Waals surface area contributed by atoms with Crippen molar-refractivity contribution >= 4 is 30.0 Å². The minimum Gasteiger partial charge on any atom is -0.482 e. The molecule has 2 aromatic carbocycles. The van der Waals surface area contributed by atoms with E-state index >= 15 is 0 Å². The Morgan fingerprint density at radius 1 is 1.27 bits per heavy atom. The molecule has 5 nitrogen and oxygen atoms in total. The van der Waals surface area contributed by atoms with E-state index in [1.807, 2.05) is 37.4 Å². The summed E-state index contributed by atoms with van der Waals surface area (Å²) >= 11 is 6.04. The number of aliphatic hydroxyl groups excluding tert-OH is 1. The predicted molar refractivity (Wildman–Crippen MR) is 121 cm³/mol. The summed E-state index contributed by atoms with van der Waals surface area (Å²) < 4.78 is 10.5. The van der Waals surface area contributed by atoms with E-state index in [1.54, 1.807) is 13.0 Å². The zero-order valence-corrected chi connectivity index (χ0v) is 18.9. The van der Waals surface area contributed by atoms with Crippen LogP contribution in [0, 0.1) is 0 Å². The minimum atomic E-state index is -0.584. The lowest BCUT2D eigenvalue weighted by molar-refractivity contribution is -0.145. The molecule has 0 fully saturated rings. The highest BCUT2D eigenvalue weighted by molar-refractivity contribution is 6.30. The minimum absolute atomic E-state index is 0. The molecule has 0 saturated heterocycles. The fraction of sp³-hybridized carbons (Fsp3) is 0.435. The number of nitrogens with zero attached hydrogens (tertiary/aromatic N) is 1. The largest absolute Gasteiger partial charge is 0.482 e. The highest BCUT2D eigenvalue weighted by Crippen LogP contribution is 2.29. The molecule has 0 aromatic heterocycles. The molecule has 3 rings (SSSR count). The van der Waals surface area contributed by atoms with E-state index in [0.29, 0.717) is 30.0 Å². The molecule has 0 heterocycles. The van der Waals surface area contributed by atoms with Gasteiger partial charge in [-0.05, 0) is 74.2 Å². The highest BCUT2D eigenvalue weighted by Gasteiger charge is 2.24. The van der Waals surface area contributed by atoms with Gasteiger partial charge in [-0.2, -0.15) is 0 Å². The van der Waals surface area contributed by atoms with Crippen LogP contribution in [0.5, 0.6) is 5.75 Å². The van der Waals surface area contributed by atoms with Crippen molar-refractivity contribution in [3.8, 4) is 5.75 Å². The van der Waals surface area contributed by atoms with Crippen molar-refractivity contribution < 1.29 is 19.4 Å². The maximum atomic E-state index is 11.5. The fourth-order valence-electron chi connectivity index (χ4n) is 3.77. The van der Waals surface area contributed by atoms with Gasteiger partial charge in [0, 0.05) is 17.6 Å². The van der Waals surface area contributed by atoms with Gasteiger partial charge in [0.25, 0.3) is 0 Å². The van der Waals surface area contributed by atoms with Gasteiger partial charge in [-0.25, -0.2) is 4.79 Å². The summed E-state index contributed by atoms with van der Waals surface area (Å²) in [4.78, 5) is 13.7. The molecule has 0 amide bonds. The van der Waals surface area contributed by atoms with Crippen LogP contribution in [0.1, 0.15) is 36.1 Å². The summed E-state index contributed by atoms with van der Waals surface area (Å²) in [6.07, 6.45) is 2.31. The quantitative estimate of drug-likeness (QED) is 0.606. The number of halogens is 2. The summed E-state index contributed by atoms with van der Waals surface area (Å²) in [7, 11) is 2.05. The topological polar surface area (TPSA) is 59.0 Å². The second-order valence-corrected chi connectivity index (χ2v) is 7.87. The number of carbonyl (C=O) groups is 1. The molecule has 0 radical (unpaired) electrons. The first kappa shape index (κ1) is 24.5. The smallest absolute Gasteiger partial charge is 0.344 e. The van der Waals surface area contributed by atoms with Gasteiger partial charge < -0.3 is 19.5 Å². The van der Waals surface area contributed by atoms with Crippen LogP contribution in [0.15, 0.2) is 42.5 Å².